The number of hydrogen-bond donors (Lipinski definition) is 1. The first-order valence-electron chi connectivity index (χ1n) is 5.66. The smallest absolute Gasteiger partial charge is 0.114 e. The van der Waals surface area contributed by atoms with Gasteiger partial charge in [-0.3, -0.25) is 0 Å². The highest BCUT2D eigenvalue weighted by Gasteiger charge is 2.10. The summed E-state index contributed by atoms with van der Waals surface area (Å²) < 4.78 is 5.26. The first-order chi connectivity index (χ1) is 8.18. The maximum atomic E-state index is 6.21. The van der Waals surface area contributed by atoms with E-state index in [1.54, 1.807) is 18.0 Å². The monoisotopic (exact) mass is 247 g/mol. The zero-order valence-electron chi connectivity index (χ0n) is 10.1. The molecule has 0 saturated heterocycles. The van der Waals surface area contributed by atoms with Gasteiger partial charge in [0.1, 0.15) is 5.76 Å². The van der Waals surface area contributed by atoms with Crippen LogP contribution in [0.4, 0.5) is 0 Å². The van der Waals surface area contributed by atoms with Gasteiger partial charge in [0.05, 0.1) is 6.26 Å². The van der Waals surface area contributed by atoms with Crippen LogP contribution in [0.15, 0.2) is 45.9 Å². The molecule has 0 aliphatic rings. The van der Waals surface area contributed by atoms with Crippen LogP contribution in [0.1, 0.15) is 22.9 Å². The maximum Gasteiger partial charge on any atom is 0.114 e. The van der Waals surface area contributed by atoms with Crippen molar-refractivity contribution >= 4 is 11.8 Å². The predicted molar refractivity (Wildman–Crippen MR) is 72.3 cm³/mol. The molecule has 17 heavy (non-hydrogen) atoms. The number of furan rings is 1. The molecule has 2 aromatic rings. The SMILES string of the molecule is Cc1ccccc1C(N)CSc1ccoc1C. The minimum Gasteiger partial charge on any atom is -0.468 e. The summed E-state index contributed by atoms with van der Waals surface area (Å²) in [6, 6.07) is 10.3. The lowest BCUT2D eigenvalue weighted by Gasteiger charge is -2.13. The van der Waals surface area contributed by atoms with Crippen molar-refractivity contribution in [1.29, 1.82) is 0 Å². The summed E-state index contributed by atoms with van der Waals surface area (Å²) >= 11 is 1.75. The topological polar surface area (TPSA) is 39.2 Å². The standard InChI is InChI=1S/C14H17NOS/c1-10-5-3-4-6-12(10)13(15)9-17-14-7-8-16-11(14)2/h3-8,13H,9,15H2,1-2H3. The van der Waals surface area contributed by atoms with Crippen molar-refractivity contribution < 1.29 is 4.42 Å². The summed E-state index contributed by atoms with van der Waals surface area (Å²) in [5.41, 5.74) is 8.69. The Morgan fingerprint density at radius 2 is 2.00 bits per heavy atom. The van der Waals surface area contributed by atoms with Gasteiger partial charge in [0.15, 0.2) is 0 Å². The Morgan fingerprint density at radius 1 is 1.24 bits per heavy atom. The molecular formula is C14H17NOS. The summed E-state index contributed by atoms with van der Waals surface area (Å²) in [6.45, 7) is 4.07. The molecule has 0 aliphatic heterocycles. The van der Waals surface area contributed by atoms with Crippen LogP contribution in [0, 0.1) is 13.8 Å². The highest BCUT2D eigenvalue weighted by molar-refractivity contribution is 7.99. The summed E-state index contributed by atoms with van der Waals surface area (Å²) in [6.07, 6.45) is 1.72. The molecule has 1 aromatic heterocycles. The minimum atomic E-state index is 0.0653. The second-order valence-corrected chi connectivity index (χ2v) is 5.18. The molecule has 2 N–H and O–H groups in total. The molecule has 0 spiro atoms. The number of rotatable bonds is 4. The summed E-state index contributed by atoms with van der Waals surface area (Å²) in [4.78, 5) is 1.18. The van der Waals surface area contributed by atoms with Gasteiger partial charge in [-0.25, -0.2) is 0 Å². The molecule has 1 aromatic carbocycles. The minimum absolute atomic E-state index is 0.0653. The zero-order valence-corrected chi connectivity index (χ0v) is 11.0. The second kappa shape index (κ2) is 5.43. The van der Waals surface area contributed by atoms with Gasteiger partial charge in [-0.1, -0.05) is 24.3 Å². The molecule has 2 nitrogen and oxygen atoms in total. The number of benzene rings is 1. The molecular weight excluding hydrogens is 230 g/mol. The Balaban J connectivity index is 2.01. The van der Waals surface area contributed by atoms with Crippen LogP contribution < -0.4 is 5.73 Å². The summed E-state index contributed by atoms with van der Waals surface area (Å²) in [5.74, 6) is 1.83. The van der Waals surface area contributed by atoms with Gasteiger partial charge < -0.3 is 10.2 Å². The fourth-order valence-electron chi connectivity index (χ4n) is 1.80. The van der Waals surface area contributed by atoms with Crippen molar-refractivity contribution in [2.75, 3.05) is 5.75 Å². The third-order valence-electron chi connectivity index (χ3n) is 2.82. The van der Waals surface area contributed by atoms with Gasteiger partial charge in [0.2, 0.25) is 0 Å². The van der Waals surface area contributed by atoms with Crippen LogP contribution in [0.5, 0.6) is 0 Å². The van der Waals surface area contributed by atoms with E-state index in [-0.39, 0.29) is 6.04 Å². The Labute approximate surface area is 106 Å². The van der Waals surface area contributed by atoms with Crippen molar-refractivity contribution in [3.8, 4) is 0 Å². The molecule has 0 aliphatic carbocycles. The van der Waals surface area contributed by atoms with Gasteiger partial charge in [0.25, 0.3) is 0 Å². The van der Waals surface area contributed by atoms with E-state index in [0.717, 1.165) is 11.5 Å². The van der Waals surface area contributed by atoms with Crippen molar-refractivity contribution in [3.05, 3.63) is 53.5 Å². The first-order valence-corrected chi connectivity index (χ1v) is 6.65. The maximum absolute atomic E-state index is 6.21. The number of aryl methyl sites for hydroxylation is 2. The molecule has 0 bridgehead atoms. The van der Waals surface area contributed by atoms with Crippen molar-refractivity contribution in [2.45, 2.75) is 24.8 Å². The van der Waals surface area contributed by atoms with Crippen LogP contribution >= 0.6 is 11.8 Å². The number of hydrogen-bond acceptors (Lipinski definition) is 3. The van der Waals surface area contributed by atoms with Gasteiger partial charge in [0, 0.05) is 16.7 Å². The molecule has 1 unspecified atom stereocenters. The normalized spacial score (nSPS) is 12.6. The molecule has 1 atom stereocenters. The molecule has 0 fully saturated rings. The van der Waals surface area contributed by atoms with E-state index in [2.05, 4.69) is 19.1 Å². The van der Waals surface area contributed by atoms with Crippen molar-refractivity contribution in [1.82, 2.24) is 0 Å². The van der Waals surface area contributed by atoms with Crippen molar-refractivity contribution in [3.63, 3.8) is 0 Å². The average Bonchev–Trinajstić information content (AvgIpc) is 2.72. The van der Waals surface area contributed by atoms with Crippen LogP contribution in [0.25, 0.3) is 0 Å². The first kappa shape index (κ1) is 12.3. The van der Waals surface area contributed by atoms with Crippen LogP contribution in [0.3, 0.4) is 0 Å². The lowest BCUT2D eigenvalue weighted by molar-refractivity contribution is 0.527. The third kappa shape index (κ3) is 2.93. The van der Waals surface area contributed by atoms with E-state index in [1.165, 1.54) is 16.0 Å². The Bertz CT molecular complexity index is 492. The molecule has 1 heterocycles. The second-order valence-electron chi connectivity index (χ2n) is 4.12. The van der Waals surface area contributed by atoms with E-state index in [4.69, 9.17) is 10.2 Å². The van der Waals surface area contributed by atoms with Crippen LogP contribution in [0.2, 0.25) is 0 Å². The fourth-order valence-corrected chi connectivity index (χ4v) is 2.74. The molecule has 2 rings (SSSR count). The van der Waals surface area contributed by atoms with E-state index in [9.17, 15) is 0 Å². The summed E-state index contributed by atoms with van der Waals surface area (Å²) in [5, 5.41) is 0. The molecule has 0 saturated carbocycles. The molecule has 90 valence electrons. The molecule has 0 amide bonds. The largest absolute Gasteiger partial charge is 0.468 e. The number of nitrogens with two attached hydrogens (primary N) is 1. The van der Waals surface area contributed by atoms with E-state index < -0.39 is 0 Å². The van der Waals surface area contributed by atoms with Gasteiger partial charge >= 0.3 is 0 Å². The molecule has 3 heteroatoms. The average molecular weight is 247 g/mol. The van der Waals surface area contributed by atoms with E-state index in [0.29, 0.717) is 0 Å². The quantitative estimate of drug-likeness (QED) is 0.837. The predicted octanol–water partition coefficient (Wildman–Crippen LogP) is 3.69. The van der Waals surface area contributed by atoms with Crippen molar-refractivity contribution in [2.24, 2.45) is 5.73 Å². The third-order valence-corrected chi connectivity index (χ3v) is 4.08. The van der Waals surface area contributed by atoms with Crippen LogP contribution in [-0.2, 0) is 0 Å². The van der Waals surface area contributed by atoms with Gasteiger partial charge in [-0.05, 0) is 31.0 Å². The number of thioether (sulfide) groups is 1. The van der Waals surface area contributed by atoms with E-state index in [1.807, 2.05) is 25.1 Å². The Morgan fingerprint density at radius 3 is 2.65 bits per heavy atom. The Kier molecular flexibility index (Phi) is 3.92. The lowest BCUT2D eigenvalue weighted by atomic mass is 10.0. The van der Waals surface area contributed by atoms with Gasteiger partial charge in [-0.2, -0.15) is 0 Å². The van der Waals surface area contributed by atoms with Crippen LogP contribution in [-0.4, -0.2) is 5.75 Å². The highest BCUT2D eigenvalue weighted by Crippen LogP contribution is 2.27. The Hall–Kier alpha value is -1.19. The fraction of sp³-hybridized carbons (Fsp3) is 0.286. The highest BCUT2D eigenvalue weighted by atomic mass is 32.2. The van der Waals surface area contributed by atoms with E-state index >= 15 is 0 Å². The lowest BCUT2D eigenvalue weighted by Crippen LogP contribution is -2.14. The summed E-state index contributed by atoms with van der Waals surface area (Å²) in [7, 11) is 0. The molecule has 0 radical (unpaired) electrons. The zero-order chi connectivity index (χ0) is 12.3. The van der Waals surface area contributed by atoms with Gasteiger partial charge in [-0.15, -0.1) is 11.8 Å².